The number of benzene rings is 4. The molecule has 11 N–H and O–H groups in total. The van der Waals surface area contributed by atoms with E-state index in [1.807, 2.05) is 0 Å². The molecular weight excluding hydrogens is 798 g/mol. The minimum atomic E-state index is -0.765. The third-order valence-corrected chi connectivity index (χ3v) is 8.35. The van der Waals surface area contributed by atoms with Gasteiger partial charge in [-0.05, 0) is 72.8 Å². The van der Waals surface area contributed by atoms with Gasteiger partial charge in [0.25, 0.3) is 23.6 Å². The molecule has 0 heterocycles. The van der Waals surface area contributed by atoms with E-state index in [4.69, 9.17) is 30.4 Å². The second-order valence-electron chi connectivity index (χ2n) is 12.5. The summed E-state index contributed by atoms with van der Waals surface area (Å²) in [5, 5.41) is 17.6. The second-order valence-corrected chi connectivity index (χ2v) is 12.5. The summed E-state index contributed by atoms with van der Waals surface area (Å²) in [6.45, 7) is -1.75. The van der Waals surface area contributed by atoms with Gasteiger partial charge in [-0.3, -0.25) is 38.4 Å². The molecule has 4 rings (SSSR count). The zero-order chi connectivity index (χ0) is 44.6. The molecule has 0 unspecified atom stereocenters. The highest BCUT2D eigenvalue weighted by atomic mass is 16.5. The van der Waals surface area contributed by atoms with Crippen LogP contribution in [0.3, 0.4) is 0 Å². The topological polar surface area (TPSA) is 310 Å². The Kier molecular flexibility index (Phi) is 16.1. The van der Waals surface area contributed by atoms with Crippen molar-refractivity contribution in [3.63, 3.8) is 0 Å². The van der Waals surface area contributed by atoms with Gasteiger partial charge >= 0.3 is 0 Å². The molecule has 0 aliphatic heterocycles. The molecule has 0 saturated carbocycles. The molecule has 320 valence electrons. The summed E-state index contributed by atoms with van der Waals surface area (Å²) >= 11 is 0. The van der Waals surface area contributed by atoms with Gasteiger partial charge in [0.15, 0.2) is 0 Å². The van der Waals surface area contributed by atoms with Gasteiger partial charge in [-0.25, -0.2) is 0 Å². The number of ether oxygens (including phenoxy) is 4. The number of rotatable bonds is 19. The van der Waals surface area contributed by atoms with Gasteiger partial charge in [0.05, 0.1) is 76.9 Å². The van der Waals surface area contributed by atoms with Crippen molar-refractivity contribution >= 4 is 70.0 Å². The van der Waals surface area contributed by atoms with Crippen LogP contribution < -0.4 is 67.6 Å². The number of carbonyl (C=O) groups is 8. The van der Waals surface area contributed by atoms with Crippen LogP contribution in [0.25, 0.3) is 0 Å². The maximum atomic E-state index is 13.2. The summed E-state index contributed by atoms with van der Waals surface area (Å²) in [6.07, 6.45) is 0. The molecule has 0 aliphatic rings. The first-order valence-corrected chi connectivity index (χ1v) is 18.0. The van der Waals surface area contributed by atoms with Crippen molar-refractivity contribution in [3.05, 3.63) is 95.1 Å². The molecule has 21 nitrogen and oxygen atoms in total. The Hall–Kier alpha value is -8.20. The summed E-state index contributed by atoms with van der Waals surface area (Å²) in [7, 11) is 5.36. The highest BCUT2D eigenvalue weighted by Gasteiger charge is 2.20. The average molecular weight is 842 g/mol. The Labute approximate surface area is 348 Å². The first kappa shape index (κ1) is 45.5. The van der Waals surface area contributed by atoms with Crippen molar-refractivity contribution in [2.24, 2.45) is 11.5 Å². The Bertz CT molecular complexity index is 2350. The van der Waals surface area contributed by atoms with Crippen molar-refractivity contribution < 1.29 is 57.3 Å². The molecular formula is C40H43N9O12. The summed E-state index contributed by atoms with van der Waals surface area (Å²) in [4.78, 5) is 101. The molecule has 21 heteroatoms. The van der Waals surface area contributed by atoms with E-state index in [1.165, 1.54) is 101 Å². The maximum Gasteiger partial charge on any atom is 0.255 e. The number of carbonyl (C=O) groups excluding carboxylic acids is 8. The first-order valence-electron chi connectivity index (χ1n) is 18.0. The highest BCUT2D eigenvalue weighted by molar-refractivity contribution is 6.06. The summed E-state index contributed by atoms with van der Waals surface area (Å²) < 4.78 is 20.9. The van der Waals surface area contributed by atoms with Crippen molar-refractivity contribution in [3.8, 4) is 23.0 Å². The predicted molar refractivity (Wildman–Crippen MR) is 221 cm³/mol. The van der Waals surface area contributed by atoms with Crippen LogP contribution in [0.2, 0.25) is 0 Å². The standard InChI is InChI=1S/C40H43N9O12/c1-58-29-9-5-21(13-25(29)37(42)54)47-34(51)18-43-39(56)27-15-23(7-11-31(27)60-3)49-36(53)20-45-40(57)28-16-24(8-12-32(28)61-4)48-35(52)19-44-38(55)26-14-22(46-33(50)17-41)6-10-30(26)59-2/h5-16H,17-20,41H2,1-4H3,(H2,42,54)(H,43,56)(H,44,55)(H,45,57)(H,46,50)(H,47,51)(H,48,52)(H,49,53). The van der Waals surface area contributed by atoms with Crippen LogP contribution >= 0.6 is 0 Å². The lowest BCUT2D eigenvalue weighted by atomic mass is 10.1. The van der Waals surface area contributed by atoms with Crippen LogP contribution in [-0.2, 0) is 19.2 Å². The molecule has 0 radical (unpaired) electrons. The number of amides is 8. The SMILES string of the molecule is COc1ccc(NC(=O)CNC(=O)c2cc(NC(=O)CNC(=O)c3cc(NC(=O)CNC(=O)c4cc(NC(=O)CN)ccc4OC)ccc3OC)ccc2OC)cc1C(N)=O. The smallest absolute Gasteiger partial charge is 0.255 e. The van der Waals surface area contributed by atoms with E-state index >= 15 is 0 Å². The van der Waals surface area contributed by atoms with E-state index in [-0.39, 0.29) is 68.9 Å². The highest BCUT2D eigenvalue weighted by Crippen LogP contribution is 2.26. The lowest BCUT2D eigenvalue weighted by Crippen LogP contribution is -2.34. The summed E-state index contributed by atoms with van der Waals surface area (Å²) in [6, 6.07) is 17.0. The predicted octanol–water partition coefficient (Wildman–Crippen LogP) is 0.823. The Balaban J connectivity index is 1.32. The van der Waals surface area contributed by atoms with Gasteiger partial charge in [-0.1, -0.05) is 0 Å². The normalized spacial score (nSPS) is 10.2. The number of hydrogen-bond acceptors (Lipinski definition) is 13. The van der Waals surface area contributed by atoms with Crippen molar-refractivity contribution in [1.29, 1.82) is 0 Å². The molecule has 4 aromatic carbocycles. The molecule has 0 aliphatic carbocycles. The fraction of sp³-hybridized carbons (Fsp3) is 0.200. The molecule has 0 spiro atoms. The zero-order valence-electron chi connectivity index (χ0n) is 33.3. The van der Waals surface area contributed by atoms with Gasteiger partial charge in [0, 0.05) is 22.7 Å². The van der Waals surface area contributed by atoms with E-state index in [2.05, 4.69) is 37.2 Å². The van der Waals surface area contributed by atoms with Crippen molar-refractivity contribution in [2.75, 3.05) is 75.9 Å². The minimum Gasteiger partial charge on any atom is -0.496 e. The average Bonchev–Trinajstić information content (AvgIpc) is 3.26. The fourth-order valence-electron chi connectivity index (χ4n) is 5.46. The first-order chi connectivity index (χ1) is 29.2. The van der Waals surface area contributed by atoms with Crippen molar-refractivity contribution in [1.82, 2.24) is 16.0 Å². The number of hydrogen-bond donors (Lipinski definition) is 9. The number of primary amides is 1. The molecule has 4 aromatic rings. The third-order valence-electron chi connectivity index (χ3n) is 8.35. The molecule has 0 saturated heterocycles. The van der Waals surface area contributed by atoms with Gasteiger partial charge in [0.1, 0.15) is 23.0 Å². The number of nitrogens with one attached hydrogen (secondary N) is 7. The van der Waals surface area contributed by atoms with E-state index in [1.54, 1.807) is 0 Å². The van der Waals surface area contributed by atoms with E-state index < -0.39 is 66.9 Å². The quantitative estimate of drug-likeness (QED) is 0.0633. The number of methoxy groups -OCH3 is 4. The molecule has 0 aromatic heterocycles. The van der Waals surface area contributed by atoms with Crippen LogP contribution in [-0.4, -0.2) is 102 Å². The number of nitrogens with two attached hydrogens (primary N) is 2. The largest absolute Gasteiger partial charge is 0.496 e. The van der Waals surface area contributed by atoms with Crippen LogP contribution in [0.4, 0.5) is 22.7 Å². The molecule has 8 amide bonds. The van der Waals surface area contributed by atoms with E-state index in [0.717, 1.165) is 0 Å². The van der Waals surface area contributed by atoms with E-state index in [0.29, 0.717) is 5.69 Å². The Morgan fingerprint density at radius 3 is 0.951 bits per heavy atom. The van der Waals surface area contributed by atoms with Crippen LogP contribution in [0, 0.1) is 0 Å². The molecule has 0 bridgehead atoms. The number of anilines is 4. The summed E-state index contributed by atoms with van der Waals surface area (Å²) in [5.74, 6) is -4.66. The van der Waals surface area contributed by atoms with Crippen molar-refractivity contribution in [2.45, 2.75) is 0 Å². The Morgan fingerprint density at radius 2 is 0.689 bits per heavy atom. The second kappa shape index (κ2) is 21.5. The van der Waals surface area contributed by atoms with E-state index in [9.17, 15) is 38.4 Å². The van der Waals surface area contributed by atoms with Gasteiger partial charge in [-0.2, -0.15) is 0 Å². The zero-order valence-corrected chi connectivity index (χ0v) is 33.3. The van der Waals surface area contributed by atoms with Gasteiger partial charge in [-0.15, -0.1) is 0 Å². The molecule has 61 heavy (non-hydrogen) atoms. The lowest BCUT2D eigenvalue weighted by molar-refractivity contribution is -0.116. The van der Waals surface area contributed by atoms with Crippen LogP contribution in [0.5, 0.6) is 23.0 Å². The molecule has 0 atom stereocenters. The summed E-state index contributed by atoms with van der Waals surface area (Å²) in [5.41, 5.74) is 11.6. The van der Waals surface area contributed by atoms with Gasteiger partial charge < -0.3 is 67.6 Å². The lowest BCUT2D eigenvalue weighted by Gasteiger charge is -2.14. The monoisotopic (exact) mass is 841 g/mol. The maximum absolute atomic E-state index is 13.2. The minimum absolute atomic E-state index is 0.0250. The Morgan fingerprint density at radius 1 is 0.426 bits per heavy atom. The van der Waals surface area contributed by atoms with Crippen LogP contribution in [0.15, 0.2) is 72.8 Å². The van der Waals surface area contributed by atoms with Crippen LogP contribution in [0.1, 0.15) is 41.4 Å². The molecule has 0 fully saturated rings. The third kappa shape index (κ3) is 12.6. The van der Waals surface area contributed by atoms with Gasteiger partial charge in [0.2, 0.25) is 23.6 Å². The fourth-order valence-corrected chi connectivity index (χ4v) is 5.46.